The second-order valence-electron chi connectivity index (χ2n) is 7.19. The molecule has 1 fully saturated rings. The van der Waals surface area contributed by atoms with E-state index in [1.807, 2.05) is 25.1 Å². The SMILES string of the molecule is CCNCCNC(=O)c1ccc(Nc2nccc(Nc3cc(C4CC4)[nH]n3)n2)cc1. The molecule has 0 spiro atoms. The summed E-state index contributed by atoms with van der Waals surface area (Å²) in [4.78, 5) is 20.9. The Kier molecular flexibility index (Phi) is 6.19. The molecule has 1 amide bonds. The molecule has 0 unspecified atom stereocenters. The first-order valence-electron chi connectivity index (χ1n) is 10.2. The molecule has 1 aromatic carbocycles. The summed E-state index contributed by atoms with van der Waals surface area (Å²) < 4.78 is 0. The van der Waals surface area contributed by atoms with E-state index in [1.165, 1.54) is 12.8 Å². The monoisotopic (exact) mass is 406 g/mol. The topological polar surface area (TPSA) is 120 Å². The number of hydrogen-bond donors (Lipinski definition) is 5. The highest BCUT2D eigenvalue weighted by Crippen LogP contribution is 2.39. The second kappa shape index (κ2) is 9.36. The quantitative estimate of drug-likeness (QED) is 0.328. The zero-order chi connectivity index (χ0) is 20.8. The highest BCUT2D eigenvalue weighted by atomic mass is 16.1. The molecule has 1 aliphatic carbocycles. The highest BCUT2D eigenvalue weighted by molar-refractivity contribution is 5.94. The lowest BCUT2D eigenvalue weighted by atomic mass is 10.2. The molecule has 2 aromatic heterocycles. The molecule has 156 valence electrons. The summed E-state index contributed by atoms with van der Waals surface area (Å²) in [6, 6.07) is 11.0. The lowest BCUT2D eigenvalue weighted by Crippen LogP contribution is -2.31. The van der Waals surface area contributed by atoms with Crippen LogP contribution in [0.4, 0.5) is 23.3 Å². The van der Waals surface area contributed by atoms with Gasteiger partial charge in [-0.1, -0.05) is 6.92 Å². The average Bonchev–Trinajstić information content (AvgIpc) is 3.51. The Balaban J connectivity index is 1.33. The smallest absolute Gasteiger partial charge is 0.251 e. The summed E-state index contributed by atoms with van der Waals surface area (Å²) >= 11 is 0. The van der Waals surface area contributed by atoms with Crippen LogP contribution >= 0.6 is 0 Å². The van der Waals surface area contributed by atoms with E-state index >= 15 is 0 Å². The molecule has 0 atom stereocenters. The number of likely N-dealkylation sites (N-methyl/N-ethyl adjacent to an activating group) is 1. The molecule has 0 radical (unpaired) electrons. The van der Waals surface area contributed by atoms with Gasteiger partial charge in [0.2, 0.25) is 5.95 Å². The number of rotatable bonds is 10. The van der Waals surface area contributed by atoms with Crippen LogP contribution in [0.25, 0.3) is 0 Å². The van der Waals surface area contributed by atoms with Gasteiger partial charge in [0.25, 0.3) is 5.91 Å². The first-order chi connectivity index (χ1) is 14.7. The number of carbonyl (C=O) groups is 1. The molecule has 1 aliphatic rings. The van der Waals surface area contributed by atoms with Gasteiger partial charge in [0.1, 0.15) is 5.82 Å². The van der Waals surface area contributed by atoms with Gasteiger partial charge in [-0.05, 0) is 49.7 Å². The Morgan fingerprint density at radius 1 is 1.10 bits per heavy atom. The first kappa shape index (κ1) is 19.8. The van der Waals surface area contributed by atoms with E-state index < -0.39 is 0 Å². The van der Waals surface area contributed by atoms with E-state index in [2.05, 4.69) is 41.4 Å². The number of amides is 1. The summed E-state index contributed by atoms with van der Waals surface area (Å²) in [6.07, 6.45) is 4.12. The Morgan fingerprint density at radius 2 is 1.93 bits per heavy atom. The summed E-state index contributed by atoms with van der Waals surface area (Å²) in [5, 5.41) is 19.8. The number of aromatic amines is 1. The lowest BCUT2D eigenvalue weighted by molar-refractivity contribution is 0.0954. The largest absolute Gasteiger partial charge is 0.351 e. The lowest BCUT2D eigenvalue weighted by Gasteiger charge is -2.08. The van der Waals surface area contributed by atoms with Gasteiger partial charge >= 0.3 is 0 Å². The van der Waals surface area contributed by atoms with Gasteiger partial charge in [-0.3, -0.25) is 9.89 Å². The van der Waals surface area contributed by atoms with Crippen molar-refractivity contribution < 1.29 is 4.79 Å². The van der Waals surface area contributed by atoms with E-state index in [1.54, 1.807) is 24.4 Å². The van der Waals surface area contributed by atoms with Crippen molar-refractivity contribution in [1.82, 2.24) is 30.8 Å². The maximum absolute atomic E-state index is 12.1. The zero-order valence-electron chi connectivity index (χ0n) is 16.9. The van der Waals surface area contributed by atoms with Crippen molar-refractivity contribution in [3.63, 3.8) is 0 Å². The number of nitrogens with one attached hydrogen (secondary N) is 5. The van der Waals surface area contributed by atoms with Crippen LogP contribution in [0.5, 0.6) is 0 Å². The van der Waals surface area contributed by atoms with Crippen molar-refractivity contribution in [1.29, 1.82) is 0 Å². The molecular formula is C21H26N8O. The van der Waals surface area contributed by atoms with Crippen LogP contribution in [-0.2, 0) is 0 Å². The van der Waals surface area contributed by atoms with Gasteiger partial charge in [0.15, 0.2) is 5.82 Å². The number of anilines is 4. The Bertz CT molecular complexity index is 981. The molecule has 9 nitrogen and oxygen atoms in total. The fourth-order valence-corrected chi connectivity index (χ4v) is 3.00. The van der Waals surface area contributed by atoms with E-state index in [4.69, 9.17) is 0 Å². The van der Waals surface area contributed by atoms with E-state index in [9.17, 15) is 4.79 Å². The van der Waals surface area contributed by atoms with Gasteiger partial charge in [-0.25, -0.2) is 4.98 Å². The molecule has 9 heteroatoms. The molecule has 4 rings (SSSR count). The van der Waals surface area contributed by atoms with Crippen LogP contribution in [0.15, 0.2) is 42.6 Å². The number of carbonyl (C=O) groups excluding carboxylic acids is 1. The molecule has 5 N–H and O–H groups in total. The van der Waals surface area contributed by atoms with Gasteiger partial charge in [0.05, 0.1) is 0 Å². The summed E-state index contributed by atoms with van der Waals surface area (Å²) in [5.41, 5.74) is 2.57. The second-order valence-corrected chi connectivity index (χ2v) is 7.19. The normalized spacial score (nSPS) is 13.1. The predicted molar refractivity (Wildman–Crippen MR) is 116 cm³/mol. The fraction of sp³-hybridized carbons (Fsp3) is 0.333. The van der Waals surface area contributed by atoms with Crippen molar-refractivity contribution in [3.8, 4) is 0 Å². The zero-order valence-corrected chi connectivity index (χ0v) is 16.9. The van der Waals surface area contributed by atoms with E-state index in [-0.39, 0.29) is 5.91 Å². The van der Waals surface area contributed by atoms with Crippen molar-refractivity contribution in [2.45, 2.75) is 25.7 Å². The van der Waals surface area contributed by atoms with Crippen LogP contribution < -0.4 is 21.3 Å². The molecule has 2 heterocycles. The number of nitrogens with zero attached hydrogens (tertiary/aromatic N) is 3. The van der Waals surface area contributed by atoms with Gasteiger partial charge in [-0.2, -0.15) is 10.1 Å². The van der Waals surface area contributed by atoms with Gasteiger partial charge in [0, 0.05) is 48.2 Å². The first-order valence-corrected chi connectivity index (χ1v) is 10.2. The average molecular weight is 406 g/mol. The Hall–Kier alpha value is -3.46. The number of aromatic nitrogens is 4. The van der Waals surface area contributed by atoms with Gasteiger partial charge < -0.3 is 21.3 Å². The standard InChI is InChI=1S/C21H26N8O/c1-2-22-11-12-23-20(30)15-5-7-16(8-6-15)25-21-24-10-9-18(27-21)26-19-13-17(28-29-19)14-3-4-14/h5-10,13-14,22H,2-4,11-12H2,1H3,(H,23,30)(H3,24,25,26,27,28,29). The van der Waals surface area contributed by atoms with Crippen molar-refractivity contribution in [2.75, 3.05) is 30.3 Å². The minimum absolute atomic E-state index is 0.0912. The molecule has 0 aliphatic heterocycles. The Labute approximate surface area is 175 Å². The van der Waals surface area contributed by atoms with Crippen molar-refractivity contribution >= 4 is 29.2 Å². The molecule has 0 bridgehead atoms. The van der Waals surface area contributed by atoms with E-state index in [0.29, 0.717) is 29.8 Å². The van der Waals surface area contributed by atoms with Crippen LogP contribution in [0.1, 0.15) is 41.7 Å². The van der Waals surface area contributed by atoms with Crippen molar-refractivity contribution in [2.24, 2.45) is 0 Å². The summed E-state index contributed by atoms with van der Waals surface area (Å²) in [6.45, 7) is 4.27. The van der Waals surface area contributed by atoms with E-state index in [0.717, 1.165) is 30.3 Å². The molecular weight excluding hydrogens is 380 g/mol. The third-order valence-electron chi connectivity index (χ3n) is 4.77. The molecule has 0 saturated heterocycles. The molecule has 1 saturated carbocycles. The number of benzene rings is 1. The number of hydrogen-bond acceptors (Lipinski definition) is 7. The fourth-order valence-electron chi connectivity index (χ4n) is 3.00. The van der Waals surface area contributed by atoms with Crippen LogP contribution in [-0.4, -0.2) is 45.7 Å². The highest BCUT2D eigenvalue weighted by Gasteiger charge is 2.25. The maximum atomic E-state index is 12.1. The van der Waals surface area contributed by atoms with Crippen LogP contribution in [0.3, 0.4) is 0 Å². The molecule has 30 heavy (non-hydrogen) atoms. The van der Waals surface area contributed by atoms with Gasteiger partial charge in [-0.15, -0.1) is 0 Å². The van der Waals surface area contributed by atoms with Crippen LogP contribution in [0, 0.1) is 0 Å². The maximum Gasteiger partial charge on any atom is 0.251 e. The third-order valence-corrected chi connectivity index (χ3v) is 4.77. The van der Waals surface area contributed by atoms with Crippen LogP contribution in [0.2, 0.25) is 0 Å². The molecule has 3 aromatic rings. The third kappa shape index (κ3) is 5.32. The van der Waals surface area contributed by atoms with Crippen molar-refractivity contribution in [3.05, 3.63) is 53.9 Å². The minimum atomic E-state index is -0.0912. The minimum Gasteiger partial charge on any atom is -0.351 e. The summed E-state index contributed by atoms with van der Waals surface area (Å²) in [5.74, 6) is 2.38. The Morgan fingerprint density at radius 3 is 2.70 bits per heavy atom. The summed E-state index contributed by atoms with van der Waals surface area (Å²) in [7, 11) is 0. The number of H-pyrrole nitrogens is 1. The predicted octanol–water partition coefficient (Wildman–Crippen LogP) is 2.90.